The van der Waals surface area contributed by atoms with Crippen LogP contribution in [-0.4, -0.2) is 13.6 Å². The predicted molar refractivity (Wildman–Crippen MR) is 67.5 cm³/mol. The van der Waals surface area contributed by atoms with E-state index in [0.717, 1.165) is 25.1 Å². The molecule has 0 bridgehead atoms. The van der Waals surface area contributed by atoms with Crippen LogP contribution in [0.5, 0.6) is 0 Å². The number of rotatable bonds is 4. The first kappa shape index (κ1) is 11.5. The summed E-state index contributed by atoms with van der Waals surface area (Å²) in [4.78, 5) is 0. The summed E-state index contributed by atoms with van der Waals surface area (Å²) in [5.74, 6) is 2.88. The lowest BCUT2D eigenvalue weighted by Crippen LogP contribution is -2.14. The molecule has 2 rings (SSSR count). The van der Waals surface area contributed by atoms with Gasteiger partial charge in [-0.25, -0.2) is 0 Å². The van der Waals surface area contributed by atoms with E-state index in [9.17, 15) is 0 Å². The first-order chi connectivity index (χ1) is 7.70. The predicted octanol–water partition coefficient (Wildman–Crippen LogP) is 3.16. The van der Waals surface area contributed by atoms with Crippen LogP contribution >= 0.6 is 0 Å². The molecular weight excluding hydrogens is 198 g/mol. The lowest BCUT2D eigenvalue weighted by molar-refractivity contribution is 0.472. The summed E-state index contributed by atoms with van der Waals surface area (Å²) in [6, 6.07) is 2.15. The summed E-state index contributed by atoms with van der Waals surface area (Å²) in [6.07, 6.45) is 5.77. The van der Waals surface area contributed by atoms with Gasteiger partial charge in [-0.3, -0.25) is 0 Å². The van der Waals surface area contributed by atoms with Gasteiger partial charge in [0.1, 0.15) is 11.5 Å². The van der Waals surface area contributed by atoms with E-state index in [1.165, 1.54) is 17.7 Å². The minimum atomic E-state index is 0.677. The van der Waals surface area contributed by atoms with E-state index in [4.69, 9.17) is 4.42 Å². The van der Waals surface area contributed by atoms with E-state index >= 15 is 0 Å². The van der Waals surface area contributed by atoms with Crippen molar-refractivity contribution in [3.05, 3.63) is 28.7 Å². The van der Waals surface area contributed by atoms with E-state index in [1.807, 2.05) is 14.0 Å². The third-order valence-electron chi connectivity index (χ3n) is 3.41. The maximum Gasteiger partial charge on any atom is 0.111 e. The largest absolute Gasteiger partial charge is 0.466 e. The number of furan rings is 1. The summed E-state index contributed by atoms with van der Waals surface area (Å²) in [5, 5.41) is 3.22. The molecule has 16 heavy (non-hydrogen) atoms. The zero-order valence-electron chi connectivity index (χ0n) is 10.5. The molecule has 1 aromatic rings. The smallest absolute Gasteiger partial charge is 0.111 e. The van der Waals surface area contributed by atoms with Crippen LogP contribution in [0.3, 0.4) is 0 Å². The van der Waals surface area contributed by atoms with Crippen molar-refractivity contribution >= 4 is 6.08 Å². The Hall–Kier alpha value is -1.02. The summed E-state index contributed by atoms with van der Waals surface area (Å²) < 4.78 is 5.66. The molecule has 1 aliphatic rings. The highest BCUT2D eigenvalue weighted by Gasteiger charge is 2.17. The van der Waals surface area contributed by atoms with Gasteiger partial charge in [0.05, 0.1) is 0 Å². The molecule has 0 aromatic carbocycles. The van der Waals surface area contributed by atoms with Gasteiger partial charge >= 0.3 is 0 Å². The second-order valence-corrected chi connectivity index (χ2v) is 4.75. The third kappa shape index (κ3) is 2.38. The van der Waals surface area contributed by atoms with Crippen LogP contribution in [0.2, 0.25) is 0 Å². The minimum Gasteiger partial charge on any atom is -0.466 e. The van der Waals surface area contributed by atoms with Crippen LogP contribution < -0.4 is 5.32 Å². The van der Waals surface area contributed by atoms with E-state index in [0.29, 0.717) is 5.92 Å². The van der Waals surface area contributed by atoms with E-state index < -0.39 is 0 Å². The van der Waals surface area contributed by atoms with Crippen LogP contribution in [0, 0.1) is 12.8 Å². The lowest BCUT2D eigenvalue weighted by Gasteiger charge is -2.19. The molecule has 1 unspecified atom stereocenters. The minimum absolute atomic E-state index is 0.677. The SMILES string of the molecule is CNCCC(C)C1=Cc2cc(C)oc2CC1. The monoisotopic (exact) mass is 219 g/mol. The van der Waals surface area contributed by atoms with Gasteiger partial charge in [-0.1, -0.05) is 18.6 Å². The Bertz CT molecular complexity index is 389. The number of hydrogen-bond donors (Lipinski definition) is 1. The van der Waals surface area contributed by atoms with Gasteiger partial charge in [-0.2, -0.15) is 0 Å². The van der Waals surface area contributed by atoms with Gasteiger partial charge < -0.3 is 9.73 Å². The second kappa shape index (κ2) is 4.88. The Labute approximate surface area is 97.7 Å². The van der Waals surface area contributed by atoms with Gasteiger partial charge in [0.2, 0.25) is 0 Å². The summed E-state index contributed by atoms with van der Waals surface area (Å²) in [5.41, 5.74) is 2.87. The van der Waals surface area contributed by atoms with Crippen molar-refractivity contribution in [2.24, 2.45) is 5.92 Å². The molecule has 1 atom stereocenters. The van der Waals surface area contributed by atoms with Crippen molar-refractivity contribution in [1.29, 1.82) is 0 Å². The van der Waals surface area contributed by atoms with Crippen LogP contribution in [0.4, 0.5) is 0 Å². The topological polar surface area (TPSA) is 25.2 Å². The Balaban J connectivity index is 2.10. The van der Waals surface area contributed by atoms with Crippen LogP contribution in [-0.2, 0) is 6.42 Å². The fraction of sp³-hybridized carbons (Fsp3) is 0.571. The molecule has 0 saturated heterocycles. The zero-order valence-corrected chi connectivity index (χ0v) is 10.5. The molecule has 0 saturated carbocycles. The molecule has 88 valence electrons. The van der Waals surface area contributed by atoms with E-state index in [2.05, 4.69) is 24.4 Å². The second-order valence-electron chi connectivity index (χ2n) is 4.75. The fourth-order valence-corrected chi connectivity index (χ4v) is 2.36. The number of allylic oxidation sites excluding steroid dienone is 1. The summed E-state index contributed by atoms with van der Waals surface area (Å²) in [6.45, 7) is 5.44. The third-order valence-corrected chi connectivity index (χ3v) is 3.41. The van der Waals surface area contributed by atoms with Crippen molar-refractivity contribution < 1.29 is 4.42 Å². The van der Waals surface area contributed by atoms with E-state index in [1.54, 1.807) is 5.57 Å². The summed E-state index contributed by atoms with van der Waals surface area (Å²) in [7, 11) is 2.01. The standard InChI is InChI=1S/C14H21NO/c1-10(6-7-15-3)12-4-5-14-13(9-12)8-11(2)16-14/h8-10,15H,4-7H2,1-3H3. The average molecular weight is 219 g/mol. The maximum atomic E-state index is 5.66. The van der Waals surface area contributed by atoms with Gasteiger partial charge in [0.25, 0.3) is 0 Å². The molecule has 0 spiro atoms. The van der Waals surface area contributed by atoms with Gasteiger partial charge in [0, 0.05) is 12.0 Å². The highest BCUT2D eigenvalue weighted by atomic mass is 16.3. The molecule has 1 heterocycles. The highest BCUT2D eigenvalue weighted by Crippen LogP contribution is 2.31. The molecule has 0 radical (unpaired) electrons. The Morgan fingerprint density at radius 2 is 2.25 bits per heavy atom. The quantitative estimate of drug-likeness (QED) is 0.841. The Kier molecular flexibility index (Phi) is 3.49. The summed E-state index contributed by atoms with van der Waals surface area (Å²) >= 11 is 0. The molecule has 1 aromatic heterocycles. The Morgan fingerprint density at radius 3 is 3.00 bits per heavy atom. The van der Waals surface area contributed by atoms with E-state index in [-0.39, 0.29) is 0 Å². The van der Waals surface area contributed by atoms with Crippen molar-refractivity contribution in [3.63, 3.8) is 0 Å². The Morgan fingerprint density at radius 1 is 1.44 bits per heavy atom. The number of nitrogens with one attached hydrogen (secondary N) is 1. The molecule has 0 amide bonds. The molecular formula is C14H21NO. The first-order valence-corrected chi connectivity index (χ1v) is 6.15. The number of hydrogen-bond acceptors (Lipinski definition) is 2. The van der Waals surface area contributed by atoms with Crippen molar-refractivity contribution in [2.45, 2.75) is 33.1 Å². The van der Waals surface area contributed by atoms with Gasteiger partial charge in [-0.15, -0.1) is 0 Å². The highest BCUT2D eigenvalue weighted by molar-refractivity contribution is 5.58. The van der Waals surface area contributed by atoms with Crippen LogP contribution in [0.25, 0.3) is 6.08 Å². The average Bonchev–Trinajstić information content (AvgIpc) is 2.64. The molecule has 0 fully saturated rings. The van der Waals surface area contributed by atoms with Crippen molar-refractivity contribution in [1.82, 2.24) is 5.32 Å². The molecule has 2 heteroatoms. The van der Waals surface area contributed by atoms with Crippen LogP contribution in [0.15, 0.2) is 16.1 Å². The van der Waals surface area contributed by atoms with Crippen LogP contribution in [0.1, 0.15) is 36.8 Å². The van der Waals surface area contributed by atoms with Gasteiger partial charge in [0.15, 0.2) is 0 Å². The maximum absolute atomic E-state index is 5.66. The zero-order chi connectivity index (χ0) is 11.5. The molecule has 1 N–H and O–H groups in total. The van der Waals surface area contributed by atoms with Crippen molar-refractivity contribution in [3.8, 4) is 0 Å². The molecule has 0 aliphatic heterocycles. The molecule has 2 nitrogen and oxygen atoms in total. The fourth-order valence-electron chi connectivity index (χ4n) is 2.36. The lowest BCUT2D eigenvalue weighted by atomic mass is 9.88. The normalized spacial score (nSPS) is 16.8. The first-order valence-electron chi connectivity index (χ1n) is 6.15. The van der Waals surface area contributed by atoms with Crippen molar-refractivity contribution in [2.75, 3.05) is 13.6 Å². The number of aryl methyl sites for hydroxylation is 2. The number of fused-ring (bicyclic) bond motifs is 1. The molecule has 1 aliphatic carbocycles. The van der Waals surface area contributed by atoms with Gasteiger partial charge in [-0.05, 0) is 45.3 Å².